The third kappa shape index (κ3) is 1.89. The van der Waals surface area contributed by atoms with Gasteiger partial charge in [-0.25, -0.2) is 4.98 Å². The highest BCUT2D eigenvalue weighted by Crippen LogP contribution is 2.09. The lowest BCUT2D eigenvalue weighted by atomic mass is 10.2. The Labute approximate surface area is 79.1 Å². The van der Waals surface area contributed by atoms with Crippen LogP contribution < -0.4 is 0 Å². The fraction of sp³-hybridized carbons (Fsp3) is 0.250. The van der Waals surface area contributed by atoms with Crippen molar-refractivity contribution in [3.63, 3.8) is 0 Å². The van der Waals surface area contributed by atoms with Gasteiger partial charge in [-0.1, -0.05) is 0 Å². The van der Waals surface area contributed by atoms with Crippen molar-refractivity contribution in [1.29, 1.82) is 0 Å². The minimum Gasteiger partial charge on any atom is -0.250 e. The lowest BCUT2D eigenvalue weighted by Gasteiger charge is -1.91. The summed E-state index contributed by atoms with van der Waals surface area (Å²) in [5.41, 5.74) is 1.18. The number of nitrogens with zero attached hydrogens (tertiary/aromatic N) is 2. The molecule has 0 saturated heterocycles. The molecule has 0 amide bonds. The zero-order chi connectivity index (χ0) is 8.23. The van der Waals surface area contributed by atoms with Gasteiger partial charge in [0.2, 0.25) is 0 Å². The van der Waals surface area contributed by atoms with Crippen molar-refractivity contribution in [1.82, 2.24) is 9.36 Å². The molecule has 0 fully saturated rings. The normalized spacial score (nSPS) is 10.3. The van der Waals surface area contributed by atoms with Crippen LogP contribution in [-0.4, -0.2) is 9.36 Å². The van der Waals surface area contributed by atoms with Crippen LogP contribution in [0.1, 0.15) is 10.7 Å². The Bertz CT molecular complexity index is 278. The molecule has 0 bridgehead atoms. The van der Waals surface area contributed by atoms with Crippen LogP contribution in [0.25, 0.3) is 0 Å². The van der Waals surface area contributed by atoms with Gasteiger partial charge in [-0.05, 0) is 24.0 Å². The van der Waals surface area contributed by atoms with Crippen LogP contribution in [0, 0.1) is 0 Å². The highest BCUT2D eigenvalue weighted by molar-refractivity contribution is 7.09. The molecule has 0 aliphatic rings. The van der Waals surface area contributed by atoms with Crippen LogP contribution in [-0.2, 0) is 12.8 Å². The minimum absolute atomic E-state index is 1.01. The van der Waals surface area contributed by atoms with Crippen LogP contribution in [0.3, 0.4) is 0 Å². The first-order chi connectivity index (χ1) is 5.95. The molecule has 4 heteroatoms. The Morgan fingerprint density at radius 3 is 2.92 bits per heavy atom. The molecular formula is C8H8N2S2. The maximum atomic E-state index is 4.23. The lowest BCUT2D eigenvalue weighted by molar-refractivity contribution is 0.922. The Hall–Kier alpha value is -0.740. The first kappa shape index (κ1) is 7.89. The molecule has 2 nitrogen and oxygen atoms in total. The molecule has 62 valence electrons. The molecule has 0 atom stereocenters. The van der Waals surface area contributed by atoms with Gasteiger partial charge in [0.05, 0.1) is 10.7 Å². The van der Waals surface area contributed by atoms with Gasteiger partial charge in [0.25, 0.3) is 0 Å². The summed E-state index contributed by atoms with van der Waals surface area (Å²) < 4.78 is 4.23. The van der Waals surface area contributed by atoms with Gasteiger partial charge >= 0.3 is 0 Å². The van der Waals surface area contributed by atoms with Crippen LogP contribution >= 0.6 is 22.9 Å². The standard InChI is InChI=1S/C8H8N2S2/c1(7-3-5-12-10-7)2-8-9-4-6-11-8/h3-6H,1-2H2. The molecule has 2 aromatic heterocycles. The molecular weight excluding hydrogens is 188 g/mol. The number of hydrogen-bond acceptors (Lipinski definition) is 4. The molecule has 0 aliphatic heterocycles. The predicted molar refractivity (Wildman–Crippen MR) is 51.6 cm³/mol. The summed E-state index contributed by atoms with van der Waals surface area (Å²) in [7, 11) is 0. The van der Waals surface area contributed by atoms with Gasteiger partial charge in [-0.2, -0.15) is 4.37 Å². The quantitative estimate of drug-likeness (QED) is 0.753. The minimum atomic E-state index is 1.01. The lowest BCUT2D eigenvalue weighted by Crippen LogP contribution is -1.89. The van der Waals surface area contributed by atoms with E-state index in [0.717, 1.165) is 12.8 Å². The van der Waals surface area contributed by atoms with E-state index in [9.17, 15) is 0 Å². The largest absolute Gasteiger partial charge is 0.250 e. The van der Waals surface area contributed by atoms with Crippen molar-refractivity contribution >= 4 is 22.9 Å². The molecule has 2 heterocycles. The highest BCUT2D eigenvalue weighted by atomic mass is 32.1. The van der Waals surface area contributed by atoms with Crippen molar-refractivity contribution in [2.24, 2.45) is 0 Å². The average molecular weight is 196 g/mol. The van der Waals surface area contributed by atoms with E-state index in [4.69, 9.17) is 0 Å². The summed E-state index contributed by atoms with van der Waals surface area (Å²) in [5.74, 6) is 0. The number of hydrogen-bond donors (Lipinski definition) is 0. The molecule has 0 aromatic carbocycles. The van der Waals surface area contributed by atoms with Crippen LogP contribution in [0.15, 0.2) is 23.0 Å². The summed E-state index contributed by atoms with van der Waals surface area (Å²) in [6.45, 7) is 0. The Morgan fingerprint density at radius 1 is 1.25 bits per heavy atom. The second-order valence-electron chi connectivity index (χ2n) is 2.42. The first-order valence-corrected chi connectivity index (χ1v) is 5.44. The first-order valence-electron chi connectivity index (χ1n) is 3.73. The van der Waals surface area contributed by atoms with Crippen LogP contribution in [0.2, 0.25) is 0 Å². The highest BCUT2D eigenvalue weighted by Gasteiger charge is 1.98. The van der Waals surface area contributed by atoms with Gasteiger partial charge in [-0.15, -0.1) is 11.3 Å². The smallest absolute Gasteiger partial charge is 0.0928 e. The second-order valence-corrected chi connectivity index (χ2v) is 4.06. The van der Waals surface area contributed by atoms with E-state index in [1.165, 1.54) is 22.2 Å². The predicted octanol–water partition coefficient (Wildman–Crippen LogP) is 2.38. The SMILES string of the molecule is c1csc(CCc2ccsn2)n1. The van der Waals surface area contributed by atoms with Crippen molar-refractivity contribution in [2.75, 3.05) is 0 Å². The summed E-state index contributed by atoms with van der Waals surface area (Å²) in [6, 6.07) is 2.07. The van der Waals surface area contributed by atoms with E-state index >= 15 is 0 Å². The molecule has 0 radical (unpaired) electrons. The van der Waals surface area contributed by atoms with Crippen LogP contribution in [0.4, 0.5) is 0 Å². The fourth-order valence-electron chi connectivity index (χ4n) is 0.978. The number of rotatable bonds is 3. The molecule has 2 rings (SSSR count). The summed E-state index contributed by atoms with van der Waals surface area (Å²) in [5, 5.41) is 5.22. The molecule has 0 aliphatic carbocycles. The number of thiazole rings is 1. The topological polar surface area (TPSA) is 25.8 Å². The van der Waals surface area contributed by atoms with Crippen molar-refractivity contribution in [3.05, 3.63) is 33.7 Å². The zero-order valence-electron chi connectivity index (χ0n) is 6.43. The maximum absolute atomic E-state index is 4.23. The molecule has 0 unspecified atom stereocenters. The maximum Gasteiger partial charge on any atom is 0.0928 e. The molecule has 0 spiro atoms. The van der Waals surface area contributed by atoms with Gasteiger partial charge in [0.1, 0.15) is 0 Å². The zero-order valence-corrected chi connectivity index (χ0v) is 8.07. The van der Waals surface area contributed by atoms with Crippen molar-refractivity contribution in [3.8, 4) is 0 Å². The molecule has 0 saturated carbocycles. The van der Waals surface area contributed by atoms with Gasteiger partial charge < -0.3 is 0 Å². The molecule has 2 aromatic rings. The van der Waals surface area contributed by atoms with E-state index in [2.05, 4.69) is 15.4 Å². The van der Waals surface area contributed by atoms with Gasteiger partial charge in [-0.3, -0.25) is 0 Å². The van der Waals surface area contributed by atoms with Crippen molar-refractivity contribution < 1.29 is 0 Å². The number of aromatic nitrogens is 2. The number of aryl methyl sites for hydroxylation is 2. The summed E-state index contributed by atoms with van der Waals surface area (Å²) in [4.78, 5) is 4.21. The van der Waals surface area contributed by atoms with Crippen LogP contribution in [0.5, 0.6) is 0 Å². The Kier molecular flexibility index (Phi) is 2.48. The van der Waals surface area contributed by atoms with E-state index in [1.807, 2.05) is 17.0 Å². The Morgan fingerprint density at radius 2 is 2.25 bits per heavy atom. The average Bonchev–Trinajstić information content (AvgIpc) is 2.74. The van der Waals surface area contributed by atoms with Gasteiger partial charge in [0.15, 0.2) is 0 Å². The fourth-order valence-corrected chi connectivity index (χ4v) is 2.16. The van der Waals surface area contributed by atoms with E-state index in [-0.39, 0.29) is 0 Å². The van der Waals surface area contributed by atoms with E-state index in [1.54, 1.807) is 11.3 Å². The molecule has 0 N–H and O–H groups in total. The summed E-state index contributed by atoms with van der Waals surface area (Å²) >= 11 is 3.22. The molecule has 12 heavy (non-hydrogen) atoms. The third-order valence-electron chi connectivity index (χ3n) is 1.57. The van der Waals surface area contributed by atoms with Gasteiger partial charge in [0, 0.05) is 23.4 Å². The van der Waals surface area contributed by atoms with E-state index < -0.39 is 0 Å². The Balaban J connectivity index is 1.91. The van der Waals surface area contributed by atoms with Crippen molar-refractivity contribution in [2.45, 2.75) is 12.8 Å². The monoisotopic (exact) mass is 196 g/mol. The summed E-state index contributed by atoms with van der Waals surface area (Å²) in [6.07, 6.45) is 3.87. The van der Waals surface area contributed by atoms with E-state index in [0.29, 0.717) is 0 Å². The third-order valence-corrected chi connectivity index (χ3v) is 3.01. The second kappa shape index (κ2) is 3.78.